The van der Waals surface area contributed by atoms with Crippen LogP contribution in [0.1, 0.15) is 30.5 Å². The highest BCUT2D eigenvalue weighted by Gasteiger charge is 2.32. The van der Waals surface area contributed by atoms with Crippen molar-refractivity contribution >= 4 is 0 Å². The molecule has 0 saturated heterocycles. The number of aliphatic hydroxyl groups excluding tert-OH is 1. The molecule has 1 aromatic rings. The maximum atomic E-state index is 12.5. The van der Waals surface area contributed by atoms with Crippen LogP contribution < -0.4 is 10.5 Å². The number of halogens is 3. The summed E-state index contributed by atoms with van der Waals surface area (Å²) in [6, 6.07) is 2.29. The van der Waals surface area contributed by atoms with Crippen LogP contribution >= 0.6 is 0 Å². The molecule has 0 bridgehead atoms. The summed E-state index contributed by atoms with van der Waals surface area (Å²) in [6.07, 6.45) is -4.85. The van der Waals surface area contributed by atoms with Gasteiger partial charge in [-0.05, 0) is 18.6 Å². The Labute approximate surface area is 103 Å². The van der Waals surface area contributed by atoms with Gasteiger partial charge in [0.05, 0.1) is 24.8 Å². The minimum atomic E-state index is -4.43. The van der Waals surface area contributed by atoms with Gasteiger partial charge in [0.15, 0.2) is 0 Å². The molecule has 0 unspecified atom stereocenters. The van der Waals surface area contributed by atoms with Crippen LogP contribution in [0.25, 0.3) is 0 Å². The number of methoxy groups -OCH3 is 1. The average molecular weight is 263 g/mol. The number of aliphatic hydroxyl groups is 1. The van der Waals surface area contributed by atoms with Crippen molar-refractivity contribution in [3.63, 3.8) is 0 Å². The first kappa shape index (κ1) is 14.8. The lowest BCUT2D eigenvalue weighted by molar-refractivity contribution is -0.137. The highest BCUT2D eigenvalue weighted by Crippen LogP contribution is 2.35. The minimum absolute atomic E-state index is 0.0322. The highest BCUT2D eigenvalue weighted by molar-refractivity contribution is 5.41. The molecule has 0 heterocycles. The van der Waals surface area contributed by atoms with Crippen molar-refractivity contribution in [2.75, 3.05) is 7.11 Å². The normalized spacial score (nSPS) is 15.3. The first-order valence-electron chi connectivity index (χ1n) is 5.50. The lowest BCUT2D eigenvalue weighted by Gasteiger charge is -2.21. The second kappa shape index (κ2) is 5.58. The van der Waals surface area contributed by atoms with Gasteiger partial charge in [0, 0.05) is 5.56 Å². The van der Waals surface area contributed by atoms with Crippen molar-refractivity contribution in [1.82, 2.24) is 0 Å². The number of nitrogens with two attached hydrogens (primary N) is 1. The molecule has 0 spiro atoms. The van der Waals surface area contributed by atoms with E-state index in [1.54, 1.807) is 6.92 Å². The van der Waals surface area contributed by atoms with Crippen molar-refractivity contribution < 1.29 is 23.0 Å². The van der Waals surface area contributed by atoms with E-state index in [0.717, 1.165) is 12.1 Å². The van der Waals surface area contributed by atoms with Crippen molar-refractivity contribution in [1.29, 1.82) is 0 Å². The summed E-state index contributed by atoms with van der Waals surface area (Å²) in [5, 5.41) is 9.63. The summed E-state index contributed by atoms with van der Waals surface area (Å²) in [5.41, 5.74) is 5.33. The first-order chi connectivity index (χ1) is 8.31. The lowest BCUT2D eigenvalue weighted by atomic mass is 9.98. The fourth-order valence-electron chi connectivity index (χ4n) is 1.62. The molecule has 2 atom stereocenters. The predicted octanol–water partition coefficient (Wildman–Crippen LogP) is 2.48. The Kier molecular flexibility index (Phi) is 4.59. The molecule has 0 aliphatic rings. The summed E-state index contributed by atoms with van der Waals surface area (Å²) < 4.78 is 42.5. The zero-order valence-electron chi connectivity index (χ0n) is 10.2. The summed E-state index contributed by atoms with van der Waals surface area (Å²) >= 11 is 0. The van der Waals surface area contributed by atoms with E-state index in [1.165, 1.54) is 13.2 Å². The van der Waals surface area contributed by atoms with Gasteiger partial charge >= 0.3 is 6.18 Å². The van der Waals surface area contributed by atoms with Crippen LogP contribution in [0.15, 0.2) is 18.2 Å². The van der Waals surface area contributed by atoms with Gasteiger partial charge in [-0.2, -0.15) is 13.2 Å². The Balaban J connectivity index is 3.15. The largest absolute Gasteiger partial charge is 0.496 e. The van der Waals surface area contributed by atoms with E-state index in [2.05, 4.69) is 0 Å². The van der Waals surface area contributed by atoms with E-state index < -0.39 is 23.9 Å². The third kappa shape index (κ3) is 3.14. The van der Waals surface area contributed by atoms with Crippen LogP contribution in [0.3, 0.4) is 0 Å². The second-order valence-electron chi connectivity index (χ2n) is 3.96. The molecule has 3 N–H and O–H groups in total. The maximum absolute atomic E-state index is 12.5. The zero-order valence-corrected chi connectivity index (χ0v) is 10.2. The van der Waals surface area contributed by atoms with Crippen molar-refractivity contribution in [3.8, 4) is 5.75 Å². The molecule has 0 aliphatic heterocycles. The van der Waals surface area contributed by atoms with Crippen LogP contribution in [-0.2, 0) is 6.18 Å². The number of alkyl halides is 3. The highest BCUT2D eigenvalue weighted by atomic mass is 19.4. The first-order valence-corrected chi connectivity index (χ1v) is 5.50. The van der Waals surface area contributed by atoms with Crippen LogP contribution in [0.5, 0.6) is 5.75 Å². The van der Waals surface area contributed by atoms with Crippen LogP contribution in [-0.4, -0.2) is 18.3 Å². The van der Waals surface area contributed by atoms with Crippen molar-refractivity contribution in [2.45, 2.75) is 31.7 Å². The summed E-state index contributed by atoms with van der Waals surface area (Å²) in [4.78, 5) is 0. The fraction of sp³-hybridized carbons (Fsp3) is 0.500. The van der Waals surface area contributed by atoms with Gasteiger partial charge in [-0.3, -0.25) is 0 Å². The Morgan fingerprint density at radius 2 is 2.00 bits per heavy atom. The SMILES string of the molecule is CC[C@@H](O)[C@@H](N)c1ccc(C(F)(F)F)cc1OC. The molecule has 0 radical (unpaired) electrons. The smallest absolute Gasteiger partial charge is 0.416 e. The molecule has 3 nitrogen and oxygen atoms in total. The molecular weight excluding hydrogens is 247 g/mol. The number of hydrogen-bond acceptors (Lipinski definition) is 3. The van der Waals surface area contributed by atoms with Gasteiger partial charge in [-0.15, -0.1) is 0 Å². The number of benzene rings is 1. The van der Waals surface area contributed by atoms with Crippen molar-refractivity contribution in [3.05, 3.63) is 29.3 Å². The minimum Gasteiger partial charge on any atom is -0.496 e. The molecule has 6 heteroatoms. The van der Waals surface area contributed by atoms with E-state index in [-0.39, 0.29) is 5.75 Å². The second-order valence-corrected chi connectivity index (χ2v) is 3.96. The van der Waals surface area contributed by atoms with Gasteiger partial charge < -0.3 is 15.6 Å². The predicted molar refractivity (Wildman–Crippen MR) is 61.2 cm³/mol. The Bertz CT molecular complexity index is 407. The zero-order chi connectivity index (χ0) is 13.9. The van der Waals surface area contributed by atoms with E-state index in [9.17, 15) is 18.3 Å². The standard InChI is InChI=1S/C12H16F3NO2/c1-3-9(17)11(16)8-5-4-7(12(13,14)15)6-10(8)18-2/h4-6,9,11,17H,3,16H2,1-2H3/t9-,11+/m1/s1. The van der Waals surface area contributed by atoms with Gasteiger partial charge in [-0.1, -0.05) is 13.0 Å². The van der Waals surface area contributed by atoms with Crippen LogP contribution in [0.2, 0.25) is 0 Å². The van der Waals surface area contributed by atoms with Gasteiger partial charge in [-0.25, -0.2) is 0 Å². The molecule has 0 amide bonds. The molecule has 102 valence electrons. The molecule has 1 aromatic carbocycles. The van der Waals surface area contributed by atoms with E-state index in [4.69, 9.17) is 10.5 Å². The molecule has 0 aromatic heterocycles. The average Bonchev–Trinajstić information content (AvgIpc) is 2.35. The Hall–Kier alpha value is -1.27. The monoisotopic (exact) mass is 263 g/mol. The van der Waals surface area contributed by atoms with E-state index in [1.807, 2.05) is 0 Å². The van der Waals surface area contributed by atoms with Crippen LogP contribution in [0.4, 0.5) is 13.2 Å². The third-order valence-corrected chi connectivity index (χ3v) is 2.75. The summed E-state index contributed by atoms with van der Waals surface area (Å²) in [6.45, 7) is 1.74. The van der Waals surface area contributed by atoms with Gasteiger partial charge in [0.1, 0.15) is 5.75 Å². The molecular formula is C12H16F3NO2. The molecule has 0 aliphatic carbocycles. The fourth-order valence-corrected chi connectivity index (χ4v) is 1.62. The van der Waals surface area contributed by atoms with Gasteiger partial charge in [0.25, 0.3) is 0 Å². The number of rotatable bonds is 4. The summed E-state index contributed by atoms with van der Waals surface area (Å²) in [7, 11) is 1.27. The number of ether oxygens (including phenoxy) is 1. The molecule has 0 saturated carbocycles. The molecule has 1 rings (SSSR count). The maximum Gasteiger partial charge on any atom is 0.416 e. The quantitative estimate of drug-likeness (QED) is 0.877. The summed E-state index contributed by atoms with van der Waals surface area (Å²) in [5.74, 6) is 0.0322. The third-order valence-electron chi connectivity index (χ3n) is 2.75. The van der Waals surface area contributed by atoms with Crippen LogP contribution in [0, 0.1) is 0 Å². The van der Waals surface area contributed by atoms with E-state index in [0.29, 0.717) is 12.0 Å². The topological polar surface area (TPSA) is 55.5 Å². The van der Waals surface area contributed by atoms with Gasteiger partial charge in [0.2, 0.25) is 0 Å². The van der Waals surface area contributed by atoms with Crippen molar-refractivity contribution in [2.24, 2.45) is 5.73 Å². The molecule has 0 fully saturated rings. The molecule has 18 heavy (non-hydrogen) atoms. The Morgan fingerprint density at radius 1 is 1.39 bits per heavy atom. The van der Waals surface area contributed by atoms with E-state index >= 15 is 0 Å². The Morgan fingerprint density at radius 3 is 2.44 bits per heavy atom. The number of hydrogen-bond donors (Lipinski definition) is 2. The lowest BCUT2D eigenvalue weighted by Crippen LogP contribution is -2.26.